The molecule has 0 fully saturated rings. The fourth-order valence-corrected chi connectivity index (χ4v) is 3.86. The summed E-state index contributed by atoms with van der Waals surface area (Å²) in [7, 11) is -1.63. The molecular formula is C22H27ClN2O4S. The molecule has 0 aliphatic rings. The van der Waals surface area contributed by atoms with Gasteiger partial charge in [-0.1, -0.05) is 49.7 Å². The van der Waals surface area contributed by atoms with E-state index in [0.29, 0.717) is 10.6 Å². The zero-order chi connectivity index (χ0) is 22.6. The number of halogens is 1. The molecule has 2 amide bonds. The smallest absolute Gasteiger partial charge is 0.253 e. The van der Waals surface area contributed by atoms with Crippen LogP contribution >= 0.6 is 11.6 Å². The number of rotatable bonds is 7. The lowest BCUT2D eigenvalue weighted by atomic mass is 10.00. The van der Waals surface area contributed by atoms with E-state index in [1.165, 1.54) is 12.1 Å². The van der Waals surface area contributed by atoms with Gasteiger partial charge in [-0.25, -0.2) is 8.42 Å². The van der Waals surface area contributed by atoms with Gasteiger partial charge >= 0.3 is 0 Å². The zero-order valence-electron chi connectivity index (χ0n) is 17.7. The van der Waals surface area contributed by atoms with Crippen LogP contribution in [0.2, 0.25) is 5.02 Å². The van der Waals surface area contributed by atoms with Gasteiger partial charge in [0.25, 0.3) is 5.91 Å². The van der Waals surface area contributed by atoms with Crippen molar-refractivity contribution in [2.24, 2.45) is 5.92 Å². The van der Waals surface area contributed by atoms with Crippen LogP contribution < -0.4 is 5.32 Å². The largest absolute Gasteiger partial charge is 0.340 e. The number of amides is 2. The first-order chi connectivity index (χ1) is 13.9. The Morgan fingerprint density at radius 3 is 2.07 bits per heavy atom. The first-order valence-corrected chi connectivity index (χ1v) is 11.8. The molecule has 0 aromatic heterocycles. The van der Waals surface area contributed by atoms with Crippen LogP contribution in [0.4, 0.5) is 0 Å². The summed E-state index contributed by atoms with van der Waals surface area (Å²) in [4.78, 5) is 27.6. The topological polar surface area (TPSA) is 83.6 Å². The lowest BCUT2D eigenvalue weighted by Gasteiger charge is -2.31. The molecule has 162 valence electrons. The molecule has 0 heterocycles. The van der Waals surface area contributed by atoms with Gasteiger partial charge in [0.05, 0.1) is 21.5 Å². The molecule has 0 spiro atoms. The van der Waals surface area contributed by atoms with Gasteiger partial charge < -0.3 is 10.2 Å². The van der Waals surface area contributed by atoms with Crippen LogP contribution in [0.5, 0.6) is 0 Å². The van der Waals surface area contributed by atoms with Crippen molar-refractivity contribution in [3.8, 4) is 0 Å². The Morgan fingerprint density at radius 2 is 1.57 bits per heavy atom. The van der Waals surface area contributed by atoms with E-state index in [1.807, 2.05) is 20.8 Å². The standard InChI is InChI=1S/C22H27ClN2O4S/c1-14(2)20(24-21(26)18-8-6-7-9-19(18)23)22(27)25(4)15(3)16-10-12-17(13-11-16)30(5,28)29/h6-15,20H,1-5H3,(H,24,26). The third-order valence-electron chi connectivity index (χ3n) is 5.06. The summed E-state index contributed by atoms with van der Waals surface area (Å²) >= 11 is 6.10. The SMILES string of the molecule is CC(C)C(NC(=O)c1ccccc1Cl)C(=O)N(C)C(C)c1ccc(S(C)(=O)=O)cc1. The number of carbonyl (C=O) groups is 2. The lowest BCUT2D eigenvalue weighted by molar-refractivity contribution is -0.135. The molecule has 2 aromatic carbocycles. The van der Waals surface area contributed by atoms with Crippen molar-refractivity contribution in [1.82, 2.24) is 10.2 Å². The van der Waals surface area contributed by atoms with Gasteiger partial charge in [0.1, 0.15) is 6.04 Å². The molecule has 0 aliphatic carbocycles. The van der Waals surface area contributed by atoms with E-state index in [1.54, 1.807) is 48.3 Å². The maximum absolute atomic E-state index is 13.2. The number of sulfone groups is 1. The molecule has 30 heavy (non-hydrogen) atoms. The second-order valence-corrected chi connectivity index (χ2v) is 10.1. The third-order valence-corrected chi connectivity index (χ3v) is 6.52. The number of nitrogens with one attached hydrogen (secondary N) is 1. The zero-order valence-corrected chi connectivity index (χ0v) is 19.3. The summed E-state index contributed by atoms with van der Waals surface area (Å²) < 4.78 is 23.3. The molecule has 0 aliphatic heterocycles. The predicted octanol–water partition coefficient (Wildman–Crippen LogP) is 3.72. The molecule has 2 unspecified atom stereocenters. The van der Waals surface area contributed by atoms with Crippen LogP contribution in [-0.2, 0) is 14.6 Å². The maximum Gasteiger partial charge on any atom is 0.253 e. The van der Waals surface area contributed by atoms with Crippen LogP contribution in [0, 0.1) is 5.92 Å². The average molecular weight is 451 g/mol. The summed E-state index contributed by atoms with van der Waals surface area (Å²) in [5, 5.41) is 3.11. The van der Waals surface area contributed by atoms with E-state index >= 15 is 0 Å². The van der Waals surface area contributed by atoms with Crippen molar-refractivity contribution < 1.29 is 18.0 Å². The number of likely N-dealkylation sites (N-methyl/N-ethyl adjacent to an activating group) is 1. The van der Waals surface area contributed by atoms with E-state index < -0.39 is 21.8 Å². The highest BCUT2D eigenvalue weighted by molar-refractivity contribution is 7.90. The van der Waals surface area contributed by atoms with Crippen LogP contribution in [0.25, 0.3) is 0 Å². The van der Waals surface area contributed by atoms with Crippen LogP contribution in [0.15, 0.2) is 53.4 Å². The van der Waals surface area contributed by atoms with Gasteiger partial charge in [-0.3, -0.25) is 9.59 Å². The summed E-state index contributed by atoms with van der Waals surface area (Å²) in [6, 6.07) is 12.1. The first-order valence-electron chi connectivity index (χ1n) is 9.55. The summed E-state index contributed by atoms with van der Waals surface area (Å²) in [6.45, 7) is 5.56. The number of carbonyl (C=O) groups excluding carboxylic acids is 2. The molecule has 0 bridgehead atoms. The van der Waals surface area contributed by atoms with Crippen molar-refractivity contribution in [2.45, 2.75) is 37.8 Å². The molecule has 2 rings (SSSR count). The predicted molar refractivity (Wildman–Crippen MR) is 118 cm³/mol. The highest BCUT2D eigenvalue weighted by Gasteiger charge is 2.30. The first kappa shape index (κ1) is 23.9. The van der Waals surface area contributed by atoms with Crippen LogP contribution in [0.1, 0.15) is 42.7 Å². The van der Waals surface area contributed by atoms with Crippen molar-refractivity contribution in [3.63, 3.8) is 0 Å². The number of nitrogens with zero attached hydrogens (tertiary/aromatic N) is 1. The van der Waals surface area contributed by atoms with Crippen LogP contribution in [-0.4, -0.2) is 44.5 Å². The summed E-state index contributed by atoms with van der Waals surface area (Å²) in [5.74, 6) is -0.803. The normalized spacial score (nSPS) is 13.6. The average Bonchev–Trinajstić information content (AvgIpc) is 2.69. The van der Waals surface area contributed by atoms with Gasteiger partial charge in [0.2, 0.25) is 5.91 Å². The molecule has 0 saturated heterocycles. The third kappa shape index (κ3) is 5.61. The number of hydrogen-bond donors (Lipinski definition) is 1. The summed E-state index contributed by atoms with van der Waals surface area (Å²) in [6.07, 6.45) is 1.15. The minimum Gasteiger partial charge on any atom is -0.340 e. The van der Waals surface area contributed by atoms with Gasteiger partial charge in [0, 0.05) is 13.3 Å². The van der Waals surface area contributed by atoms with Gasteiger partial charge in [-0.05, 0) is 42.7 Å². The van der Waals surface area contributed by atoms with Gasteiger partial charge in [-0.2, -0.15) is 0 Å². The minimum atomic E-state index is -3.29. The van der Waals surface area contributed by atoms with Crippen molar-refractivity contribution >= 4 is 33.3 Å². The quantitative estimate of drug-likeness (QED) is 0.696. The Bertz CT molecular complexity index is 1020. The molecule has 8 heteroatoms. The second-order valence-electron chi connectivity index (χ2n) is 7.64. The second kappa shape index (κ2) is 9.62. The van der Waals surface area contributed by atoms with Crippen molar-refractivity contribution in [3.05, 3.63) is 64.7 Å². The highest BCUT2D eigenvalue weighted by Crippen LogP contribution is 2.23. The maximum atomic E-state index is 13.2. The summed E-state index contributed by atoms with van der Waals surface area (Å²) in [5.41, 5.74) is 1.10. The molecule has 0 saturated carbocycles. The molecule has 2 atom stereocenters. The molecular weight excluding hydrogens is 424 g/mol. The van der Waals surface area contributed by atoms with Crippen molar-refractivity contribution in [2.75, 3.05) is 13.3 Å². The van der Waals surface area contributed by atoms with E-state index in [-0.39, 0.29) is 22.8 Å². The van der Waals surface area contributed by atoms with E-state index in [9.17, 15) is 18.0 Å². The Labute approximate surface area is 183 Å². The van der Waals surface area contributed by atoms with Crippen LogP contribution in [0.3, 0.4) is 0 Å². The molecule has 1 N–H and O–H groups in total. The Kier molecular flexibility index (Phi) is 7.66. The number of hydrogen-bond acceptors (Lipinski definition) is 4. The monoisotopic (exact) mass is 450 g/mol. The molecule has 6 nitrogen and oxygen atoms in total. The van der Waals surface area contributed by atoms with Gasteiger partial charge in [0.15, 0.2) is 9.84 Å². The molecule has 0 radical (unpaired) electrons. The van der Waals surface area contributed by atoms with E-state index in [0.717, 1.165) is 11.8 Å². The Balaban J connectivity index is 2.19. The van der Waals surface area contributed by atoms with E-state index in [4.69, 9.17) is 11.6 Å². The molecule has 2 aromatic rings. The minimum absolute atomic E-state index is 0.147. The highest BCUT2D eigenvalue weighted by atomic mass is 35.5. The lowest BCUT2D eigenvalue weighted by Crippen LogP contribution is -2.50. The number of benzene rings is 2. The van der Waals surface area contributed by atoms with Gasteiger partial charge in [-0.15, -0.1) is 0 Å². The fraction of sp³-hybridized carbons (Fsp3) is 0.364. The Morgan fingerprint density at radius 1 is 1.00 bits per heavy atom. The Hall–Kier alpha value is -2.38. The van der Waals surface area contributed by atoms with E-state index in [2.05, 4.69) is 5.32 Å². The van der Waals surface area contributed by atoms with Crippen molar-refractivity contribution in [1.29, 1.82) is 0 Å². The fourth-order valence-electron chi connectivity index (χ4n) is 3.01.